The lowest BCUT2D eigenvalue weighted by Gasteiger charge is -2.19. The summed E-state index contributed by atoms with van der Waals surface area (Å²) in [6.07, 6.45) is 0. The Balaban J connectivity index is 2.81. The van der Waals surface area contributed by atoms with Gasteiger partial charge in [0.1, 0.15) is 10.0 Å². The van der Waals surface area contributed by atoms with E-state index in [-0.39, 0.29) is 22.5 Å². The monoisotopic (exact) mass is 277 g/mol. The minimum atomic E-state index is -3.47. The molecule has 0 bridgehead atoms. The van der Waals surface area contributed by atoms with Crippen molar-refractivity contribution in [2.75, 3.05) is 13.6 Å². The van der Waals surface area contributed by atoms with Gasteiger partial charge in [0, 0.05) is 19.5 Å². The van der Waals surface area contributed by atoms with Crippen LogP contribution in [-0.4, -0.2) is 37.4 Å². The average molecular weight is 277 g/mol. The van der Waals surface area contributed by atoms with Crippen molar-refractivity contribution in [2.45, 2.75) is 11.1 Å². The molecule has 0 fully saturated rings. The summed E-state index contributed by atoms with van der Waals surface area (Å²) in [7, 11) is -2.00. The molecule has 1 aromatic rings. The van der Waals surface area contributed by atoms with Gasteiger partial charge in [0.05, 0.1) is 0 Å². The summed E-state index contributed by atoms with van der Waals surface area (Å²) in [6, 6.07) is 3.23. The molecule has 0 aliphatic rings. The van der Waals surface area contributed by atoms with Gasteiger partial charge in [0.25, 0.3) is 10.0 Å². The van der Waals surface area contributed by atoms with E-state index in [0.717, 1.165) is 11.3 Å². The molecule has 8 heteroatoms. The molecule has 96 valence electrons. The highest BCUT2D eigenvalue weighted by Gasteiger charge is 2.24. The van der Waals surface area contributed by atoms with Crippen molar-refractivity contribution in [3.8, 4) is 0 Å². The van der Waals surface area contributed by atoms with Gasteiger partial charge in [-0.2, -0.15) is 4.31 Å². The first-order chi connectivity index (χ1) is 7.89. The molecule has 0 amide bonds. The maximum Gasteiger partial charge on any atom is 0.252 e. The van der Waals surface area contributed by atoms with Crippen LogP contribution in [0.5, 0.6) is 0 Å². The Morgan fingerprint density at radius 2 is 2.35 bits per heavy atom. The maximum atomic E-state index is 12.0. The number of nitrogens with two attached hydrogens (primary N) is 1. The Bertz CT molecular complexity index is 482. The Kier molecular flexibility index (Phi) is 4.49. The number of hydrogen-bond acceptors (Lipinski definition) is 5. The molecule has 0 aliphatic carbocycles. The number of oxime groups is 1. The first-order valence-electron chi connectivity index (χ1n) is 4.87. The Hall–Kier alpha value is -1.12. The predicted octanol–water partition coefficient (Wildman–Crippen LogP) is 0.751. The predicted molar refractivity (Wildman–Crippen MR) is 66.7 cm³/mol. The van der Waals surface area contributed by atoms with E-state index in [0.29, 0.717) is 0 Å². The van der Waals surface area contributed by atoms with Crippen LogP contribution in [0.1, 0.15) is 6.92 Å². The van der Waals surface area contributed by atoms with E-state index in [1.165, 1.54) is 11.4 Å². The fraction of sp³-hybridized carbons (Fsp3) is 0.444. The second kappa shape index (κ2) is 5.48. The summed E-state index contributed by atoms with van der Waals surface area (Å²) < 4.78 is 25.5. The van der Waals surface area contributed by atoms with Gasteiger partial charge in [-0.05, 0) is 11.4 Å². The normalized spacial score (nSPS) is 15.1. The quantitative estimate of drug-likeness (QED) is 0.359. The Morgan fingerprint density at radius 3 is 2.82 bits per heavy atom. The lowest BCUT2D eigenvalue weighted by molar-refractivity contribution is 0.312. The van der Waals surface area contributed by atoms with Crippen molar-refractivity contribution in [1.82, 2.24) is 4.31 Å². The van der Waals surface area contributed by atoms with Gasteiger partial charge >= 0.3 is 0 Å². The molecule has 0 saturated heterocycles. The third-order valence-electron chi connectivity index (χ3n) is 2.31. The SMILES string of the molecule is CC(CN(C)S(=O)(=O)c1cccs1)C(N)=NO. The molecule has 1 heterocycles. The standard InChI is InChI=1S/C9H15N3O3S2/c1-7(9(10)11-13)6-12(2)17(14,15)8-4-3-5-16-8/h3-5,7,13H,6H2,1-2H3,(H2,10,11). The van der Waals surface area contributed by atoms with Crippen molar-refractivity contribution in [1.29, 1.82) is 0 Å². The largest absolute Gasteiger partial charge is 0.409 e. The second-order valence-electron chi connectivity index (χ2n) is 3.64. The average Bonchev–Trinajstić information content (AvgIpc) is 2.81. The van der Waals surface area contributed by atoms with Crippen molar-refractivity contribution in [2.24, 2.45) is 16.8 Å². The van der Waals surface area contributed by atoms with E-state index in [2.05, 4.69) is 5.16 Å². The zero-order valence-corrected chi connectivity index (χ0v) is 11.2. The molecule has 0 spiro atoms. The van der Waals surface area contributed by atoms with E-state index < -0.39 is 10.0 Å². The molecule has 3 N–H and O–H groups in total. The third kappa shape index (κ3) is 3.18. The van der Waals surface area contributed by atoms with Crippen LogP contribution >= 0.6 is 11.3 Å². The zero-order chi connectivity index (χ0) is 13.1. The summed E-state index contributed by atoms with van der Waals surface area (Å²) in [6.45, 7) is 1.85. The number of sulfonamides is 1. The molecule has 0 aliphatic heterocycles. The summed E-state index contributed by atoms with van der Waals surface area (Å²) in [4.78, 5) is 0. The first kappa shape index (κ1) is 13.9. The summed E-state index contributed by atoms with van der Waals surface area (Å²) in [5, 5.41) is 13.1. The zero-order valence-electron chi connectivity index (χ0n) is 9.57. The molecule has 1 unspecified atom stereocenters. The topological polar surface area (TPSA) is 96.0 Å². The van der Waals surface area contributed by atoms with Crippen LogP contribution < -0.4 is 5.73 Å². The highest BCUT2D eigenvalue weighted by molar-refractivity contribution is 7.91. The van der Waals surface area contributed by atoms with Gasteiger partial charge in [0.2, 0.25) is 0 Å². The van der Waals surface area contributed by atoms with Gasteiger partial charge in [-0.3, -0.25) is 0 Å². The van der Waals surface area contributed by atoms with Gasteiger partial charge in [0.15, 0.2) is 0 Å². The summed E-state index contributed by atoms with van der Waals surface area (Å²) in [5.74, 6) is -0.335. The van der Waals surface area contributed by atoms with Crippen LogP contribution in [0.2, 0.25) is 0 Å². The molecule has 1 atom stereocenters. The maximum absolute atomic E-state index is 12.0. The highest BCUT2D eigenvalue weighted by Crippen LogP contribution is 2.20. The van der Waals surface area contributed by atoms with Crippen LogP contribution in [0.3, 0.4) is 0 Å². The van der Waals surface area contributed by atoms with Gasteiger partial charge < -0.3 is 10.9 Å². The number of hydrogen-bond donors (Lipinski definition) is 2. The number of nitrogens with zero attached hydrogens (tertiary/aromatic N) is 2. The van der Waals surface area contributed by atoms with Gasteiger partial charge in [-0.25, -0.2) is 8.42 Å². The van der Waals surface area contributed by atoms with Crippen LogP contribution in [0.4, 0.5) is 0 Å². The molecule has 6 nitrogen and oxygen atoms in total. The van der Waals surface area contributed by atoms with Gasteiger partial charge in [-0.1, -0.05) is 18.1 Å². The van der Waals surface area contributed by atoms with Crippen molar-refractivity contribution in [3.05, 3.63) is 17.5 Å². The molecule has 1 aromatic heterocycles. The minimum absolute atomic E-state index is 0.0122. The fourth-order valence-electron chi connectivity index (χ4n) is 1.24. The second-order valence-corrected chi connectivity index (χ2v) is 6.86. The van der Waals surface area contributed by atoms with Crippen molar-refractivity contribution in [3.63, 3.8) is 0 Å². The van der Waals surface area contributed by atoms with Crippen LogP contribution in [0.25, 0.3) is 0 Å². The summed E-state index contributed by atoms with van der Waals surface area (Å²) in [5.41, 5.74) is 5.41. The smallest absolute Gasteiger partial charge is 0.252 e. The highest BCUT2D eigenvalue weighted by atomic mass is 32.2. The summed E-state index contributed by atoms with van der Waals surface area (Å²) >= 11 is 1.16. The number of amidine groups is 1. The van der Waals surface area contributed by atoms with E-state index in [4.69, 9.17) is 10.9 Å². The molecule has 0 saturated carbocycles. The van der Waals surface area contributed by atoms with Crippen molar-refractivity contribution >= 4 is 27.2 Å². The lowest BCUT2D eigenvalue weighted by atomic mass is 10.2. The Morgan fingerprint density at radius 1 is 1.71 bits per heavy atom. The van der Waals surface area contributed by atoms with Crippen LogP contribution in [0.15, 0.2) is 26.9 Å². The van der Waals surface area contributed by atoms with E-state index in [9.17, 15) is 8.42 Å². The number of rotatable bonds is 5. The van der Waals surface area contributed by atoms with Crippen LogP contribution in [-0.2, 0) is 10.0 Å². The number of thiophene rings is 1. The molecule has 0 aromatic carbocycles. The van der Waals surface area contributed by atoms with E-state index in [1.54, 1.807) is 24.4 Å². The minimum Gasteiger partial charge on any atom is -0.409 e. The molecular weight excluding hydrogens is 262 g/mol. The van der Waals surface area contributed by atoms with Crippen molar-refractivity contribution < 1.29 is 13.6 Å². The molecule has 0 radical (unpaired) electrons. The van der Waals surface area contributed by atoms with Crippen LogP contribution in [0, 0.1) is 5.92 Å². The molecule has 1 rings (SSSR count). The molecular formula is C9H15N3O3S2. The lowest BCUT2D eigenvalue weighted by Crippen LogP contribution is -2.36. The van der Waals surface area contributed by atoms with Gasteiger partial charge in [-0.15, -0.1) is 11.3 Å². The van der Waals surface area contributed by atoms with E-state index >= 15 is 0 Å². The van der Waals surface area contributed by atoms with E-state index in [1.807, 2.05) is 0 Å². The third-order valence-corrected chi connectivity index (χ3v) is 5.51. The molecule has 17 heavy (non-hydrogen) atoms. The fourth-order valence-corrected chi connectivity index (χ4v) is 3.70. The first-order valence-corrected chi connectivity index (χ1v) is 7.18. The Labute approximate surface area is 104 Å².